The predicted molar refractivity (Wildman–Crippen MR) is 119 cm³/mol. The molecular formula is C21H28N4O4S. The van der Waals surface area contributed by atoms with Crippen molar-refractivity contribution >= 4 is 33.4 Å². The number of anilines is 2. The summed E-state index contributed by atoms with van der Waals surface area (Å²) < 4.78 is 26.7. The van der Waals surface area contributed by atoms with Gasteiger partial charge in [0.05, 0.1) is 16.9 Å². The lowest BCUT2D eigenvalue weighted by Gasteiger charge is -2.23. The van der Waals surface area contributed by atoms with Gasteiger partial charge in [-0.1, -0.05) is 19.1 Å². The Hall–Kier alpha value is -2.91. The van der Waals surface area contributed by atoms with E-state index < -0.39 is 16.1 Å². The highest BCUT2D eigenvalue weighted by Crippen LogP contribution is 2.20. The number of hydrogen-bond donors (Lipinski definition) is 2. The number of amides is 2. The van der Waals surface area contributed by atoms with Gasteiger partial charge in [0.15, 0.2) is 0 Å². The second kappa shape index (κ2) is 9.73. The molecule has 0 aliphatic carbocycles. The van der Waals surface area contributed by atoms with Gasteiger partial charge in [-0.05, 0) is 49.7 Å². The SMILES string of the molecule is CCC(C)NC(=O)c1ccccc1NC(=O)c1ccc(N(C)S(=O)(=O)N(C)C)cc1. The lowest BCUT2D eigenvalue weighted by Crippen LogP contribution is -2.37. The maximum absolute atomic E-state index is 12.7. The molecule has 162 valence electrons. The Labute approximate surface area is 178 Å². The van der Waals surface area contributed by atoms with Gasteiger partial charge >= 0.3 is 10.2 Å². The Morgan fingerprint density at radius 1 is 0.967 bits per heavy atom. The standard InChI is InChI=1S/C21H28N4O4S/c1-6-15(2)22-21(27)18-9-7-8-10-19(18)23-20(26)16-11-13-17(14-12-16)25(5)30(28,29)24(3)4/h7-15H,6H2,1-5H3,(H,22,27)(H,23,26). The fraction of sp³-hybridized carbons (Fsp3) is 0.333. The molecule has 0 saturated carbocycles. The van der Waals surface area contributed by atoms with Crippen molar-refractivity contribution < 1.29 is 18.0 Å². The molecule has 2 aromatic rings. The molecule has 30 heavy (non-hydrogen) atoms. The summed E-state index contributed by atoms with van der Waals surface area (Å²) in [5.41, 5.74) is 1.54. The van der Waals surface area contributed by atoms with Gasteiger partial charge in [-0.3, -0.25) is 13.9 Å². The zero-order valence-corrected chi connectivity index (χ0v) is 18.7. The van der Waals surface area contributed by atoms with Crippen molar-refractivity contribution in [2.75, 3.05) is 30.8 Å². The number of benzene rings is 2. The normalized spacial score (nSPS) is 12.3. The van der Waals surface area contributed by atoms with Crippen molar-refractivity contribution in [1.82, 2.24) is 9.62 Å². The minimum atomic E-state index is -3.62. The van der Waals surface area contributed by atoms with E-state index in [1.807, 2.05) is 13.8 Å². The second-order valence-corrected chi connectivity index (χ2v) is 9.26. The summed E-state index contributed by atoms with van der Waals surface area (Å²) in [4.78, 5) is 25.2. The molecule has 9 heteroatoms. The van der Waals surface area contributed by atoms with Crippen LogP contribution in [0.2, 0.25) is 0 Å². The third kappa shape index (κ3) is 5.37. The third-order valence-electron chi connectivity index (χ3n) is 4.71. The first-order chi connectivity index (χ1) is 14.1. The van der Waals surface area contributed by atoms with Crippen LogP contribution in [-0.4, -0.2) is 51.7 Å². The molecule has 0 aliphatic heterocycles. The fourth-order valence-corrected chi connectivity index (χ4v) is 3.47. The lowest BCUT2D eigenvalue weighted by molar-refractivity contribution is 0.0940. The summed E-state index contributed by atoms with van der Waals surface area (Å²) in [5.74, 6) is -0.658. The molecule has 1 atom stereocenters. The molecule has 0 bridgehead atoms. The molecule has 0 heterocycles. The average Bonchev–Trinajstić information content (AvgIpc) is 2.73. The van der Waals surface area contributed by atoms with Crippen LogP contribution in [0.5, 0.6) is 0 Å². The molecule has 8 nitrogen and oxygen atoms in total. The van der Waals surface area contributed by atoms with Crippen LogP contribution in [0, 0.1) is 0 Å². The highest BCUT2D eigenvalue weighted by atomic mass is 32.2. The summed E-state index contributed by atoms with van der Waals surface area (Å²) in [7, 11) is 0.718. The largest absolute Gasteiger partial charge is 0.350 e. The quantitative estimate of drug-likeness (QED) is 0.670. The summed E-state index contributed by atoms with van der Waals surface area (Å²) in [6.07, 6.45) is 0.796. The number of nitrogens with zero attached hydrogens (tertiary/aromatic N) is 2. The Morgan fingerprint density at radius 2 is 1.57 bits per heavy atom. The smallest absolute Gasteiger partial charge is 0.303 e. The van der Waals surface area contributed by atoms with E-state index in [1.54, 1.807) is 36.4 Å². The molecule has 0 radical (unpaired) electrons. The summed E-state index contributed by atoms with van der Waals surface area (Å²) in [6.45, 7) is 3.89. The highest BCUT2D eigenvalue weighted by Gasteiger charge is 2.21. The molecule has 0 fully saturated rings. The van der Waals surface area contributed by atoms with Crippen molar-refractivity contribution in [3.05, 3.63) is 59.7 Å². The maximum Gasteiger partial charge on any atom is 0.303 e. The minimum absolute atomic E-state index is 0.0178. The van der Waals surface area contributed by atoms with Crippen LogP contribution in [0.1, 0.15) is 41.0 Å². The van der Waals surface area contributed by atoms with Crippen LogP contribution in [0.15, 0.2) is 48.5 Å². The Balaban J connectivity index is 2.19. The predicted octanol–water partition coefficient (Wildman–Crippen LogP) is 2.71. The van der Waals surface area contributed by atoms with Crippen LogP contribution in [0.25, 0.3) is 0 Å². The maximum atomic E-state index is 12.7. The monoisotopic (exact) mass is 432 g/mol. The average molecular weight is 433 g/mol. The number of carbonyl (C=O) groups is 2. The van der Waals surface area contributed by atoms with Gasteiger partial charge in [-0.2, -0.15) is 12.7 Å². The van der Waals surface area contributed by atoms with Crippen LogP contribution < -0.4 is 14.9 Å². The zero-order valence-electron chi connectivity index (χ0n) is 17.8. The van der Waals surface area contributed by atoms with E-state index >= 15 is 0 Å². The van der Waals surface area contributed by atoms with Gasteiger partial charge in [0.25, 0.3) is 11.8 Å². The van der Waals surface area contributed by atoms with E-state index in [4.69, 9.17) is 0 Å². The van der Waals surface area contributed by atoms with Gasteiger partial charge in [-0.15, -0.1) is 0 Å². The number of carbonyl (C=O) groups excluding carboxylic acids is 2. The van der Waals surface area contributed by atoms with Crippen molar-refractivity contribution in [3.8, 4) is 0 Å². The molecule has 2 amide bonds. The van der Waals surface area contributed by atoms with Gasteiger partial charge in [0, 0.05) is 32.7 Å². The summed E-state index contributed by atoms with van der Waals surface area (Å²) in [5, 5.41) is 5.64. The van der Waals surface area contributed by atoms with E-state index in [0.29, 0.717) is 22.5 Å². The molecule has 2 N–H and O–H groups in total. The Morgan fingerprint density at radius 3 is 2.13 bits per heavy atom. The molecule has 2 rings (SSSR count). The molecular weight excluding hydrogens is 404 g/mol. The number of para-hydroxylation sites is 1. The van der Waals surface area contributed by atoms with Crippen LogP contribution in [0.4, 0.5) is 11.4 Å². The third-order valence-corrected chi connectivity index (χ3v) is 6.54. The first-order valence-electron chi connectivity index (χ1n) is 9.55. The van der Waals surface area contributed by atoms with Crippen LogP contribution >= 0.6 is 0 Å². The van der Waals surface area contributed by atoms with E-state index in [-0.39, 0.29) is 11.9 Å². The topological polar surface area (TPSA) is 98.8 Å². The minimum Gasteiger partial charge on any atom is -0.350 e. The highest BCUT2D eigenvalue weighted by molar-refractivity contribution is 7.90. The van der Waals surface area contributed by atoms with E-state index in [2.05, 4.69) is 10.6 Å². The van der Waals surface area contributed by atoms with Crippen molar-refractivity contribution in [3.63, 3.8) is 0 Å². The number of rotatable bonds is 8. The Bertz CT molecular complexity index is 1000. The van der Waals surface area contributed by atoms with Crippen LogP contribution in [0.3, 0.4) is 0 Å². The first kappa shape index (κ1) is 23.4. The molecule has 0 aromatic heterocycles. The molecule has 0 saturated heterocycles. The lowest BCUT2D eigenvalue weighted by atomic mass is 10.1. The van der Waals surface area contributed by atoms with Crippen molar-refractivity contribution in [1.29, 1.82) is 0 Å². The van der Waals surface area contributed by atoms with Gasteiger partial charge in [0.2, 0.25) is 0 Å². The molecule has 0 spiro atoms. The van der Waals surface area contributed by atoms with Crippen molar-refractivity contribution in [2.24, 2.45) is 0 Å². The molecule has 2 aromatic carbocycles. The molecule has 1 unspecified atom stereocenters. The molecule has 0 aliphatic rings. The zero-order chi connectivity index (χ0) is 22.5. The number of nitrogens with one attached hydrogen (secondary N) is 2. The van der Waals surface area contributed by atoms with E-state index in [0.717, 1.165) is 15.0 Å². The van der Waals surface area contributed by atoms with E-state index in [1.165, 1.54) is 33.3 Å². The first-order valence-corrected chi connectivity index (χ1v) is 10.9. The number of hydrogen-bond acceptors (Lipinski definition) is 4. The summed E-state index contributed by atoms with van der Waals surface area (Å²) in [6, 6.07) is 13.0. The fourth-order valence-electron chi connectivity index (χ4n) is 2.59. The van der Waals surface area contributed by atoms with Gasteiger partial charge < -0.3 is 10.6 Å². The second-order valence-electron chi connectivity index (χ2n) is 7.09. The van der Waals surface area contributed by atoms with Crippen LogP contribution in [-0.2, 0) is 10.2 Å². The van der Waals surface area contributed by atoms with E-state index in [9.17, 15) is 18.0 Å². The van der Waals surface area contributed by atoms with Gasteiger partial charge in [0.1, 0.15) is 0 Å². The van der Waals surface area contributed by atoms with Gasteiger partial charge in [-0.25, -0.2) is 0 Å². The Kier molecular flexibility index (Phi) is 7.58. The van der Waals surface area contributed by atoms with Crippen molar-refractivity contribution in [2.45, 2.75) is 26.3 Å². The summed E-state index contributed by atoms with van der Waals surface area (Å²) >= 11 is 0.